The normalized spacial score (nSPS) is 16.0. The van der Waals surface area contributed by atoms with Crippen molar-refractivity contribution in [3.8, 4) is 0 Å². The Morgan fingerprint density at radius 1 is 1.39 bits per heavy atom. The molecule has 1 aromatic carbocycles. The van der Waals surface area contributed by atoms with E-state index in [-0.39, 0.29) is 24.3 Å². The topological polar surface area (TPSA) is 71.1 Å². The smallest absolute Gasteiger partial charge is 0.252 e. The molecule has 0 saturated heterocycles. The molecule has 0 unspecified atom stereocenters. The van der Waals surface area contributed by atoms with E-state index in [1.165, 1.54) is 0 Å². The molecule has 6 heteroatoms. The van der Waals surface area contributed by atoms with Crippen molar-refractivity contribution in [3.05, 3.63) is 51.5 Å². The lowest BCUT2D eigenvalue weighted by molar-refractivity contribution is -0.121. The molecule has 0 bridgehead atoms. The van der Waals surface area contributed by atoms with Gasteiger partial charge in [-0.15, -0.1) is 11.3 Å². The number of hydrogen-bond donors (Lipinski definition) is 2. The van der Waals surface area contributed by atoms with E-state index in [0.29, 0.717) is 12.1 Å². The van der Waals surface area contributed by atoms with Gasteiger partial charge in [0.2, 0.25) is 5.91 Å². The Morgan fingerprint density at radius 2 is 2.22 bits per heavy atom. The van der Waals surface area contributed by atoms with Crippen LogP contribution in [0.1, 0.15) is 52.4 Å². The maximum atomic E-state index is 12.1. The molecular formula is C17H19N3O2S. The van der Waals surface area contributed by atoms with Crippen LogP contribution >= 0.6 is 11.3 Å². The minimum Gasteiger partial charge on any atom is -0.350 e. The zero-order chi connectivity index (χ0) is 16.2. The van der Waals surface area contributed by atoms with Crippen LogP contribution in [-0.4, -0.2) is 16.8 Å². The number of rotatable bonds is 6. The predicted molar refractivity (Wildman–Crippen MR) is 89.2 cm³/mol. The molecule has 0 aliphatic carbocycles. The summed E-state index contributed by atoms with van der Waals surface area (Å²) in [6.45, 7) is 2.55. The van der Waals surface area contributed by atoms with Gasteiger partial charge in [0.15, 0.2) is 0 Å². The van der Waals surface area contributed by atoms with Crippen LogP contribution in [0.25, 0.3) is 0 Å². The first-order valence-corrected chi connectivity index (χ1v) is 8.65. The highest BCUT2D eigenvalue weighted by atomic mass is 32.1. The summed E-state index contributed by atoms with van der Waals surface area (Å²) in [5.41, 5.74) is 2.45. The lowest BCUT2D eigenvalue weighted by Gasteiger charge is -2.11. The first-order chi connectivity index (χ1) is 11.2. The first kappa shape index (κ1) is 15.7. The Hall–Kier alpha value is -2.21. The molecule has 0 radical (unpaired) electrons. The number of amides is 2. The van der Waals surface area contributed by atoms with Crippen LogP contribution in [0.5, 0.6) is 0 Å². The fourth-order valence-electron chi connectivity index (χ4n) is 2.69. The van der Waals surface area contributed by atoms with E-state index >= 15 is 0 Å². The van der Waals surface area contributed by atoms with Crippen molar-refractivity contribution in [2.75, 3.05) is 0 Å². The number of nitrogens with zero attached hydrogens (tertiary/aromatic N) is 1. The number of fused-ring (bicyclic) bond motifs is 1. The van der Waals surface area contributed by atoms with Crippen LogP contribution in [0.4, 0.5) is 0 Å². The van der Waals surface area contributed by atoms with Crippen molar-refractivity contribution in [2.45, 2.75) is 38.8 Å². The molecular weight excluding hydrogens is 310 g/mol. The van der Waals surface area contributed by atoms with E-state index in [2.05, 4.69) is 22.5 Å². The van der Waals surface area contributed by atoms with Gasteiger partial charge in [0, 0.05) is 10.9 Å². The molecule has 1 aromatic heterocycles. The van der Waals surface area contributed by atoms with E-state index in [0.717, 1.165) is 29.1 Å². The second-order valence-electron chi connectivity index (χ2n) is 5.58. The van der Waals surface area contributed by atoms with Crippen LogP contribution in [0, 0.1) is 0 Å². The molecule has 0 spiro atoms. The SMILES string of the molecule is CCCc1nc(CNC(=O)C[C@@H]2NC(=O)c3ccccc32)cs1. The number of benzene rings is 1. The van der Waals surface area contributed by atoms with Gasteiger partial charge in [0.1, 0.15) is 0 Å². The van der Waals surface area contributed by atoms with Crippen molar-refractivity contribution in [1.29, 1.82) is 0 Å². The van der Waals surface area contributed by atoms with Gasteiger partial charge in [-0.25, -0.2) is 4.98 Å². The average Bonchev–Trinajstić information content (AvgIpc) is 3.12. The van der Waals surface area contributed by atoms with Gasteiger partial charge >= 0.3 is 0 Å². The molecule has 2 heterocycles. The van der Waals surface area contributed by atoms with Crippen LogP contribution in [0.2, 0.25) is 0 Å². The Labute approximate surface area is 139 Å². The predicted octanol–water partition coefficient (Wildman–Crippen LogP) is 2.59. The fourth-order valence-corrected chi connectivity index (χ4v) is 3.59. The van der Waals surface area contributed by atoms with Gasteiger partial charge in [-0.2, -0.15) is 0 Å². The fraction of sp³-hybridized carbons (Fsp3) is 0.353. The summed E-state index contributed by atoms with van der Waals surface area (Å²) in [7, 11) is 0. The summed E-state index contributed by atoms with van der Waals surface area (Å²) in [6.07, 6.45) is 2.29. The zero-order valence-corrected chi connectivity index (χ0v) is 13.8. The van der Waals surface area contributed by atoms with Gasteiger partial charge in [-0.05, 0) is 24.5 Å². The van der Waals surface area contributed by atoms with E-state index in [4.69, 9.17) is 0 Å². The summed E-state index contributed by atoms with van der Waals surface area (Å²) in [5.74, 6) is -0.195. The van der Waals surface area contributed by atoms with Crippen molar-refractivity contribution < 1.29 is 9.59 Å². The summed E-state index contributed by atoms with van der Waals surface area (Å²) in [5, 5.41) is 8.83. The van der Waals surface area contributed by atoms with E-state index in [1.807, 2.05) is 23.6 Å². The van der Waals surface area contributed by atoms with Gasteiger partial charge in [0.05, 0.1) is 29.7 Å². The molecule has 23 heavy (non-hydrogen) atoms. The van der Waals surface area contributed by atoms with E-state index in [9.17, 15) is 9.59 Å². The zero-order valence-electron chi connectivity index (χ0n) is 13.0. The summed E-state index contributed by atoms with van der Waals surface area (Å²) in [4.78, 5) is 28.5. The monoisotopic (exact) mass is 329 g/mol. The van der Waals surface area contributed by atoms with Gasteiger partial charge in [0.25, 0.3) is 5.91 Å². The molecule has 3 rings (SSSR count). The number of hydrogen-bond acceptors (Lipinski definition) is 4. The Morgan fingerprint density at radius 3 is 3.04 bits per heavy atom. The number of nitrogens with one attached hydrogen (secondary N) is 2. The van der Waals surface area contributed by atoms with Crippen LogP contribution in [-0.2, 0) is 17.8 Å². The highest BCUT2D eigenvalue weighted by Gasteiger charge is 2.29. The molecule has 0 saturated carbocycles. The molecule has 120 valence electrons. The Kier molecular flexibility index (Phi) is 4.71. The van der Waals surface area contributed by atoms with E-state index in [1.54, 1.807) is 17.4 Å². The molecule has 2 amide bonds. The number of thiazole rings is 1. The lowest BCUT2D eigenvalue weighted by Crippen LogP contribution is -2.28. The molecule has 1 aliphatic rings. The van der Waals surface area contributed by atoms with Gasteiger partial charge in [-0.1, -0.05) is 25.1 Å². The maximum absolute atomic E-state index is 12.1. The standard InChI is InChI=1S/C17H19N3O2S/c1-2-5-16-19-11(10-23-16)9-18-15(21)8-14-12-6-3-4-7-13(12)17(22)20-14/h3-4,6-7,10,14H,2,5,8-9H2,1H3,(H,18,21)(H,20,22)/t14-/m0/s1. The van der Waals surface area contributed by atoms with E-state index < -0.39 is 0 Å². The largest absolute Gasteiger partial charge is 0.350 e. The number of carbonyl (C=O) groups excluding carboxylic acids is 2. The molecule has 1 atom stereocenters. The Balaban J connectivity index is 1.55. The third-order valence-corrected chi connectivity index (χ3v) is 4.76. The maximum Gasteiger partial charge on any atom is 0.252 e. The highest BCUT2D eigenvalue weighted by molar-refractivity contribution is 7.09. The molecule has 2 aromatic rings. The molecule has 2 N–H and O–H groups in total. The Bertz CT molecular complexity index is 726. The number of aromatic nitrogens is 1. The van der Waals surface area contributed by atoms with Crippen LogP contribution in [0.3, 0.4) is 0 Å². The van der Waals surface area contributed by atoms with Crippen LogP contribution in [0.15, 0.2) is 29.6 Å². The second kappa shape index (κ2) is 6.91. The molecule has 1 aliphatic heterocycles. The lowest BCUT2D eigenvalue weighted by atomic mass is 10.0. The first-order valence-electron chi connectivity index (χ1n) is 7.77. The molecule has 5 nitrogen and oxygen atoms in total. The summed E-state index contributed by atoms with van der Waals surface area (Å²) in [6, 6.07) is 7.14. The number of aryl methyl sites for hydroxylation is 1. The van der Waals surface area contributed by atoms with Gasteiger partial charge < -0.3 is 10.6 Å². The number of carbonyl (C=O) groups is 2. The minimum atomic E-state index is -0.246. The average molecular weight is 329 g/mol. The van der Waals surface area contributed by atoms with Crippen molar-refractivity contribution >= 4 is 23.2 Å². The minimum absolute atomic E-state index is 0.0861. The quantitative estimate of drug-likeness (QED) is 0.856. The van der Waals surface area contributed by atoms with Crippen molar-refractivity contribution in [2.24, 2.45) is 0 Å². The molecule has 0 fully saturated rings. The van der Waals surface area contributed by atoms with Gasteiger partial charge in [-0.3, -0.25) is 9.59 Å². The third-order valence-electron chi connectivity index (χ3n) is 3.81. The van der Waals surface area contributed by atoms with Crippen molar-refractivity contribution in [3.63, 3.8) is 0 Å². The third kappa shape index (κ3) is 3.59. The second-order valence-corrected chi connectivity index (χ2v) is 6.52. The summed E-state index contributed by atoms with van der Waals surface area (Å²) >= 11 is 1.63. The highest BCUT2D eigenvalue weighted by Crippen LogP contribution is 2.27. The van der Waals surface area contributed by atoms with Crippen LogP contribution < -0.4 is 10.6 Å². The van der Waals surface area contributed by atoms with Crippen molar-refractivity contribution in [1.82, 2.24) is 15.6 Å². The summed E-state index contributed by atoms with van der Waals surface area (Å²) < 4.78 is 0.